The van der Waals surface area contributed by atoms with E-state index in [9.17, 15) is 33.9 Å². The Bertz CT molecular complexity index is 1260. The average Bonchev–Trinajstić information content (AvgIpc) is 2.96. The topological polar surface area (TPSA) is 195 Å². The van der Waals surface area contributed by atoms with Crippen LogP contribution >= 0.6 is 12.6 Å². The van der Waals surface area contributed by atoms with Gasteiger partial charge in [0, 0.05) is 18.6 Å². The molecule has 0 radical (unpaired) electrons. The number of aromatic hydroxyl groups is 1. The lowest BCUT2D eigenvalue weighted by Crippen LogP contribution is -2.57. The lowest BCUT2D eigenvalue weighted by Gasteiger charge is -2.23. The Balaban J connectivity index is 1.82. The Labute approximate surface area is 241 Å². The fraction of sp³-hybridized carbons (Fsp3) is 0.333. The molecule has 1 aliphatic rings. The number of nitrogens with one attached hydrogen (secondary N) is 6. The number of rotatable bonds is 5. The number of hydrogen-bond acceptors (Lipinski definition) is 8. The van der Waals surface area contributed by atoms with Crippen LogP contribution in [0.5, 0.6) is 5.75 Å². The highest BCUT2D eigenvalue weighted by Gasteiger charge is 2.28. The van der Waals surface area contributed by atoms with Crippen molar-refractivity contribution in [2.45, 2.75) is 31.0 Å². The van der Waals surface area contributed by atoms with Gasteiger partial charge < -0.3 is 37.0 Å². The first-order valence-corrected chi connectivity index (χ1v) is 13.4. The lowest BCUT2D eigenvalue weighted by atomic mass is 10.0. The molecular formula is C27H32N6O7S. The van der Waals surface area contributed by atoms with Gasteiger partial charge in [-0.05, 0) is 23.3 Å². The number of hydrogen-bond donors (Lipinski definition) is 8. The second-order valence-corrected chi connectivity index (χ2v) is 9.62. The largest absolute Gasteiger partial charge is 0.508 e. The van der Waals surface area contributed by atoms with Crippen LogP contribution in [-0.2, 0) is 41.6 Å². The minimum absolute atomic E-state index is 0.00179. The second kappa shape index (κ2) is 15.3. The van der Waals surface area contributed by atoms with Crippen molar-refractivity contribution in [1.82, 2.24) is 31.9 Å². The molecule has 0 bridgehead atoms. The second-order valence-electron chi connectivity index (χ2n) is 9.26. The Morgan fingerprint density at radius 1 is 0.585 bits per heavy atom. The van der Waals surface area contributed by atoms with E-state index in [1.165, 1.54) is 12.1 Å². The van der Waals surface area contributed by atoms with Crippen LogP contribution in [0.25, 0.3) is 0 Å². The molecule has 13 nitrogen and oxygen atoms in total. The molecule has 1 fully saturated rings. The maximum absolute atomic E-state index is 13.2. The number of phenols is 1. The molecule has 0 saturated carbocycles. The van der Waals surface area contributed by atoms with Crippen molar-refractivity contribution >= 4 is 48.1 Å². The van der Waals surface area contributed by atoms with Gasteiger partial charge in [-0.3, -0.25) is 28.8 Å². The normalized spacial score (nSPS) is 21.6. The Hall–Kier alpha value is -4.59. The van der Waals surface area contributed by atoms with E-state index in [0.717, 1.165) is 5.56 Å². The monoisotopic (exact) mass is 584 g/mol. The van der Waals surface area contributed by atoms with Crippen molar-refractivity contribution in [3.8, 4) is 5.75 Å². The van der Waals surface area contributed by atoms with Crippen LogP contribution < -0.4 is 31.9 Å². The van der Waals surface area contributed by atoms with Gasteiger partial charge in [0.25, 0.3) is 0 Å². The summed E-state index contributed by atoms with van der Waals surface area (Å²) in [6, 6.07) is 11.5. The number of amides is 6. The van der Waals surface area contributed by atoms with Gasteiger partial charge in [-0.1, -0.05) is 42.5 Å². The summed E-state index contributed by atoms with van der Waals surface area (Å²) in [6.45, 7) is -1.44. The first kappa shape index (κ1) is 30.9. The Morgan fingerprint density at radius 2 is 1.07 bits per heavy atom. The SMILES string of the molecule is O=C1CNC(=O)[C@@H](CS)NC(=O)[C@@H](Cc2ccc(O)cc2)NC(=O)CNC(=O)[C@@H](Cc2ccccc2)NC(=O)CN1. The van der Waals surface area contributed by atoms with E-state index in [4.69, 9.17) is 0 Å². The molecular weight excluding hydrogens is 552 g/mol. The van der Waals surface area contributed by atoms with Gasteiger partial charge in [-0.25, -0.2) is 0 Å². The molecule has 2 aromatic carbocycles. The first-order chi connectivity index (χ1) is 19.6. The van der Waals surface area contributed by atoms with Gasteiger partial charge in [0.1, 0.15) is 23.9 Å². The third kappa shape index (κ3) is 10.1. The molecule has 7 N–H and O–H groups in total. The van der Waals surface area contributed by atoms with Crippen LogP contribution in [0.1, 0.15) is 11.1 Å². The van der Waals surface area contributed by atoms with E-state index in [2.05, 4.69) is 44.5 Å². The molecule has 3 atom stereocenters. The molecule has 6 amide bonds. The van der Waals surface area contributed by atoms with Crippen molar-refractivity contribution in [2.75, 3.05) is 25.4 Å². The summed E-state index contributed by atoms with van der Waals surface area (Å²) in [7, 11) is 0. The van der Waals surface area contributed by atoms with Gasteiger partial charge in [0.2, 0.25) is 35.4 Å². The minimum atomic E-state index is -1.17. The molecule has 1 saturated heterocycles. The highest BCUT2D eigenvalue weighted by Crippen LogP contribution is 2.12. The maximum atomic E-state index is 13.2. The van der Waals surface area contributed by atoms with E-state index in [0.29, 0.717) is 5.56 Å². The molecule has 218 valence electrons. The van der Waals surface area contributed by atoms with E-state index < -0.39 is 73.2 Å². The van der Waals surface area contributed by atoms with Crippen LogP contribution in [-0.4, -0.2) is 84.1 Å². The van der Waals surface area contributed by atoms with Crippen molar-refractivity contribution in [1.29, 1.82) is 0 Å². The standard InChI is InChI=1S/C27H32N6O7S/c34-18-8-6-17(7-9-18)11-20-27(40)33-21(15-41)26(39)29-12-22(35)28-13-23(36)31-19(10-16-4-2-1-3-5-16)25(38)30-14-24(37)32-20/h1-9,19-21,34,41H,10-15H2,(H,28,35)(H,29,39)(H,30,38)(H,31,36)(H,32,37)(H,33,40)/t19-,20-,21-/m1/s1. The minimum Gasteiger partial charge on any atom is -0.508 e. The summed E-state index contributed by atoms with van der Waals surface area (Å²) >= 11 is 4.11. The van der Waals surface area contributed by atoms with Crippen LogP contribution in [0.15, 0.2) is 54.6 Å². The third-order valence-electron chi connectivity index (χ3n) is 6.07. The van der Waals surface area contributed by atoms with Gasteiger partial charge in [-0.2, -0.15) is 12.6 Å². The number of phenolic OH excluding ortho intramolecular Hbond substituents is 1. The number of carbonyl (C=O) groups excluding carboxylic acids is 6. The van der Waals surface area contributed by atoms with E-state index in [-0.39, 0.29) is 24.3 Å². The van der Waals surface area contributed by atoms with Crippen molar-refractivity contribution < 1.29 is 33.9 Å². The summed E-state index contributed by atoms with van der Waals surface area (Å²) in [5.74, 6) is -4.15. The molecule has 3 rings (SSSR count). The zero-order valence-corrected chi connectivity index (χ0v) is 22.9. The van der Waals surface area contributed by atoms with E-state index in [1.54, 1.807) is 42.5 Å². The van der Waals surface area contributed by atoms with Gasteiger partial charge in [-0.15, -0.1) is 0 Å². The lowest BCUT2D eigenvalue weighted by molar-refractivity contribution is -0.133. The van der Waals surface area contributed by atoms with Gasteiger partial charge in [0.15, 0.2) is 0 Å². The fourth-order valence-electron chi connectivity index (χ4n) is 3.92. The molecule has 14 heteroatoms. The van der Waals surface area contributed by atoms with Gasteiger partial charge in [0.05, 0.1) is 19.6 Å². The van der Waals surface area contributed by atoms with Crippen LogP contribution in [0, 0.1) is 0 Å². The summed E-state index contributed by atoms with van der Waals surface area (Å²) in [5.41, 5.74) is 1.35. The van der Waals surface area contributed by atoms with Gasteiger partial charge >= 0.3 is 0 Å². The molecule has 1 heterocycles. The highest BCUT2D eigenvalue weighted by atomic mass is 32.1. The summed E-state index contributed by atoms with van der Waals surface area (Å²) < 4.78 is 0. The van der Waals surface area contributed by atoms with Crippen molar-refractivity contribution in [2.24, 2.45) is 0 Å². The highest BCUT2D eigenvalue weighted by molar-refractivity contribution is 7.80. The van der Waals surface area contributed by atoms with Crippen molar-refractivity contribution in [3.05, 3.63) is 65.7 Å². The molecule has 0 spiro atoms. The predicted octanol–water partition coefficient (Wildman–Crippen LogP) is -2.08. The molecule has 0 aromatic heterocycles. The zero-order valence-electron chi connectivity index (χ0n) is 22.0. The summed E-state index contributed by atoms with van der Waals surface area (Å²) in [6.07, 6.45) is 0.114. The number of carbonyl (C=O) groups is 6. The summed E-state index contributed by atoms with van der Waals surface area (Å²) in [4.78, 5) is 76.3. The zero-order chi connectivity index (χ0) is 29.8. The molecule has 2 aromatic rings. The number of thiol groups is 1. The van der Waals surface area contributed by atoms with E-state index >= 15 is 0 Å². The number of benzene rings is 2. The summed E-state index contributed by atoms with van der Waals surface area (Å²) in [5, 5.41) is 24.4. The molecule has 41 heavy (non-hydrogen) atoms. The third-order valence-corrected chi connectivity index (χ3v) is 6.44. The smallest absolute Gasteiger partial charge is 0.243 e. The maximum Gasteiger partial charge on any atom is 0.243 e. The average molecular weight is 585 g/mol. The van der Waals surface area contributed by atoms with Crippen LogP contribution in [0.4, 0.5) is 0 Å². The fourth-order valence-corrected chi connectivity index (χ4v) is 4.17. The predicted molar refractivity (Wildman–Crippen MR) is 151 cm³/mol. The van der Waals surface area contributed by atoms with Crippen molar-refractivity contribution in [3.63, 3.8) is 0 Å². The first-order valence-electron chi connectivity index (χ1n) is 12.8. The molecule has 1 aliphatic heterocycles. The van der Waals surface area contributed by atoms with Crippen LogP contribution in [0.2, 0.25) is 0 Å². The quantitative estimate of drug-likeness (QED) is 0.185. The molecule has 0 aliphatic carbocycles. The Morgan fingerprint density at radius 3 is 1.66 bits per heavy atom. The van der Waals surface area contributed by atoms with Crippen LogP contribution in [0.3, 0.4) is 0 Å². The molecule has 0 unspecified atom stereocenters. The Kier molecular flexibility index (Phi) is 11.5. The van der Waals surface area contributed by atoms with E-state index in [1.807, 2.05) is 0 Å².